The molecule has 204 valence electrons. The third kappa shape index (κ3) is 6.19. The van der Waals surface area contributed by atoms with E-state index < -0.39 is 0 Å². The van der Waals surface area contributed by atoms with Gasteiger partial charge in [-0.2, -0.15) is 4.98 Å². The quantitative estimate of drug-likeness (QED) is 0.320. The summed E-state index contributed by atoms with van der Waals surface area (Å²) in [7, 11) is 0. The highest BCUT2D eigenvalue weighted by Gasteiger charge is 2.34. The van der Waals surface area contributed by atoms with Gasteiger partial charge < -0.3 is 25.8 Å². The van der Waals surface area contributed by atoms with Crippen LogP contribution in [0.2, 0.25) is 0 Å². The van der Waals surface area contributed by atoms with Gasteiger partial charge in [-0.3, -0.25) is 9.78 Å². The van der Waals surface area contributed by atoms with Gasteiger partial charge in [-0.05, 0) is 43.7 Å². The third-order valence-electron chi connectivity index (χ3n) is 7.67. The molecule has 2 aromatic heterocycles. The van der Waals surface area contributed by atoms with Crippen LogP contribution >= 0.6 is 0 Å². The van der Waals surface area contributed by atoms with Crippen LogP contribution in [0.1, 0.15) is 57.3 Å². The molecule has 2 atom stereocenters. The van der Waals surface area contributed by atoms with Gasteiger partial charge in [0.25, 0.3) is 0 Å². The summed E-state index contributed by atoms with van der Waals surface area (Å²) in [6.45, 7) is 8.45. The number of nitrogens with one attached hydrogen (secondary N) is 3. The van der Waals surface area contributed by atoms with Gasteiger partial charge in [0, 0.05) is 57.1 Å². The van der Waals surface area contributed by atoms with Crippen molar-refractivity contribution in [2.45, 2.75) is 52.1 Å². The predicted molar refractivity (Wildman–Crippen MR) is 157 cm³/mol. The second kappa shape index (κ2) is 11.8. The normalized spacial score (nSPS) is 16.9. The number of hydrogen-bond acceptors (Lipinski definition) is 8. The fourth-order valence-corrected chi connectivity index (χ4v) is 4.95. The lowest BCUT2D eigenvalue weighted by atomic mass is 10.0. The summed E-state index contributed by atoms with van der Waals surface area (Å²) in [5.41, 5.74) is 4.49. The third-order valence-corrected chi connectivity index (χ3v) is 7.67. The van der Waals surface area contributed by atoms with Crippen LogP contribution in [-0.2, 0) is 4.79 Å². The topological polar surface area (TPSA) is 110 Å². The first-order valence-electron chi connectivity index (χ1n) is 13.9. The lowest BCUT2D eigenvalue weighted by Gasteiger charge is -2.35. The summed E-state index contributed by atoms with van der Waals surface area (Å²) in [6, 6.07) is 14.7. The van der Waals surface area contributed by atoms with Crippen LogP contribution in [0.3, 0.4) is 0 Å². The predicted octanol–water partition coefficient (Wildman–Crippen LogP) is 4.98. The Hall–Kier alpha value is -4.01. The van der Waals surface area contributed by atoms with Crippen molar-refractivity contribution in [2.75, 3.05) is 41.7 Å². The van der Waals surface area contributed by atoms with E-state index in [1.165, 1.54) is 6.21 Å². The fraction of sp³-hybridized carbons (Fsp3) is 0.433. The number of hydrogen-bond donors (Lipinski definition) is 3. The lowest BCUT2D eigenvalue weighted by molar-refractivity contribution is -0.129. The maximum Gasteiger partial charge on any atom is 0.228 e. The summed E-state index contributed by atoms with van der Waals surface area (Å²) in [5.74, 6) is 1.87. The van der Waals surface area contributed by atoms with Crippen molar-refractivity contribution >= 4 is 29.6 Å². The van der Waals surface area contributed by atoms with E-state index in [9.17, 15) is 4.79 Å². The smallest absolute Gasteiger partial charge is 0.228 e. The van der Waals surface area contributed by atoms with Crippen molar-refractivity contribution < 1.29 is 4.79 Å². The molecule has 3 aromatic rings. The molecule has 2 fully saturated rings. The fourth-order valence-electron chi connectivity index (χ4n) is 4.95. The average Bonchev–Trinajstić information content (AvgIpc) is 3.82. The molecule has 0 radical (unpaired) electrons. The number of carbonyl (C=O) groups is 1. The number of amides is 1. The number of carbonyl (C=O) groups excluding carboxylic acids is 1. The van der Waals surface area contributed by atoms with Crippen LogP contribution in [0, 0.1) is 11.3 Å². The van der Waals surface area contributed by atoms with Gasteiger partial charge in [-0.25, -0.2) is 4.98 Å². The molecule has 0 spiro atoms. The minimum atomic E-state index is 0.0516. The van der Waals surface area contributed by atoms with Crippen molar-refractivity contribution in [2.24, 2.45) is 5.92 Å². The zero-order chi connectivity index (χ0) is 27.4. The Morgan fingerprint density at radius 2 is 1.82 bits per heavy atom. The van der Waals surface area contributed by atoms with Crippen LogP contribution in [-0.4, -0.2) is 64.2 Å². The highest BCUT2D eigenvalue weighted by Crippen LogP contribution is 2.44. The summed E-state index contributed by atoms with van der Waals surface area (Å²) >= 11 is 0. The first-order valence-corrected chi connectivity index (χ1v) is 13.9. The van der Waals surface area contributed by atoms with Gasteiger partial charge in [0.2, 0.25) is 11.9 Å². The number of anilines is 3. The number of pyridine rings is 1. The van der Waals surface area contributed by atoms with Gasteiger partial charge in [-0.1, -0.05) is 43.3 Å². The number of rotatable bonds is 10. The van der Waals surface area contributed by atoms with Crippen molar-refractivity contribution in [3.63, 3.8) is 0 Å². The summed E-state index contributed by atoms with van der Waals surface area (Å²) in [6.07, 6.45) is 6.50. The van der Waals surface area contributed by atoms with E-state index in [1.54, 1.807) is 6.92 Å². The second-order valence-corrected chi connectivity index (χ2v) is 10.5. The molecule has 2 unspecified atom stereocenters. The van der Waals surface area contributed by atoms with Gasteiger partial charge >= 0.3 is 0 Å². The molecule has 1 aliphatic carbocycles. The highest BCUT2D eigenvalue weighted by molar-refractivity contribution is 5.89. The van der Waals surface area contributed by atoms with Crippen LogP contribution in [0.15, 0.2) is 48.7 Å². The van der Waals surface area contributed by atoms with Gasteiger partial charge in [0.15, 0.2) is 5.82 Å². The van der Waals surface area contributed by atoms with Gasteiger partial charge in [0.05, 0.1) is 11.7 Å². The number of nitrogens with zero attached hydrogens (tertiary/aromatic N) is 5. The van der Waals surface area contributed by atoms with Crippen LogP contribution < -0.4 is 15.5 Å². The Balaban J connectivity index is 1.47. The average molecular weight is 527 g/mol. The van der Waals surface area contributed by atoms with E-state index in [-0.39, 0.29) is 18.0 Å². The van der Waals surface area contributed by atoms with E-state index in [0.717, 1.165) is 41.8 Å². The molecular weight excluding hydrogens is 488 g/mol. The number of benzene rings is 1. The SMILES string of the molecule is CCC(C)Nc1c(C=N)nc(N2CCN(C(C)=O)CC2)nc1NC(c1ccc(-c2ccccc2)nc1)C1CC1. The molecule has 9 heteroatoms. The molecule has 5 rings (SSSR count). The van der Waals surface area contributed by atoms with Crippen molar-refractivity contribution in [3.05, 3.63) is 59.9 Å². The molecule has 3 heterocycles. The Labute approximate surface area is 230 Å². The molecule has 39 heavy (non-hydrogen) atoms. The number of piperazine rings is 1. The molecule has 0 bridgehead atoms. The molecular formula is C30H38N8O. The highest BCUT2D eigenvalue weighted by atomic mass is 16.2. The summed E-state index contributed by atoms with van der Waals surface area (Å²) in [5, 5.41) is 15.5. The van der Waals surface area contributed by atoms with E-state index in [1.807, 2.05) is 29.3 Å². The van der Waals surface area contributed by atoms with Gasteiger partial charge in [0.1, 0.15) is 11.4 Å². The van der Waals surface area contributed by atoms with E-state index >= 15 is 0 Å². The molecule has 9 nitrogen and oxygen atoms in total. The largest absolute Gasteiger partial charge is 0.378 e. The zero-order valence-electron chi connectivity index (χ0n) is 23.0. The van der Waals surface area contributed by atoms with Crippen LogP contribution in [0.5, 0.6) is 0 Å². The van der Waals surface area contributed by atoms with Crippen molar-refractivity contribution in [1.29, 1.82) is 5.41 Å². The maximum absolute atomic E-state index is 11.8. The summed E-state index contributed by atoms with van der Waals surface area (Å²) < 4.78 is 0. The second-order valence-electron chi connectivity index (χ2n) is 10.5. The molecule has 1 aromatic carbocycles. The first-order chi connectivity index (χ1) is 19.0. The Morgan fingerprint density at radius 1 is 1.08 bits per heavy atom. The van der Waals surface area contributed by atoms with Crippen LogP contribution in [0.25, 0.3) is 11.3 Å². The molecule has 2 aliphatic rings. The Morgan fingerprint density at radius 3 is 2.41 bits per heavy atom. The maximum atomic E-state index is 11.8. The Kier molecular flexibility index (Phi) is 8.05. The molecule has 1 saturated carbocycles. The van der Waals surface area contributed by atoms with Crippen LogP contribution in [0.4, 0.5) is 17.5 Å². The lowest BCUT2D eigenvalue weighted by Crippen LogP contribution is -2.48. The molecule has 3 N–H and O–H groups in total. The zero-order valence-corrected chi connectivity index (χ0v) is 23.0. The van der Waals surface area contributed by atoms with Crippen molar-refractivity contribution in [3.8, 4) is 11.3 Å². The van der Waals surface area contributed by atoms with Gasteiger partial charge in [-0.15, -0.1) is 0 Å². The first kappa shape index (κ1) is 26.6. The van der Waals surface area contributed by atoms with E-state index in [2.05, 4.69) is 53.6 Å². The summed E-state index contributed by atoms with van der Waals surface area (Å²) in [4.78, 5) is 30.4. The minimum absolute atomic E-state index is 0.0516. The van der Waals surface area contributed by atoms with E-state index in [4.69, 9.17) is 20.4 Å². The monoisotopic (exact) mass is 526 g/mol. The molecule has 1 amide bonds. The van der Waals surface area contributed by atoms with E-state index in [0.29, 0.717) is 49.6 Å². The Bertz CT molecular complexity index is 1280. The molecule has 1 saturated heterocycles. The minimum Gasteiger partial charge on any atom is -0.378 e. The number of aromatic nitrogens is 3. The van der Waals surface area contributed by atoms with Crippen molar-refractivity contribution in [1.82, 2.24) is 19.9 Å². The molecule has 1 aliphatic heterocycles. The standard InChI is InChI=1S/C30H38N8O/c1-4-20(2)33-28-26(18-31)34-30(38-16-14-37(15-17-38)21(3)39)36-29(28)35-27(23-10-11-23)24-12-13-25(32-19-24)22-8-6-5-7-9-22/h5-9,12-13,18-20,23,27,31,33H,4,10-11,14-17H2,1-3H3,(H,34,35,36).